The van der Waals surface area contributed by atoms with Gasteiger partial charge in [0.25, 0.3) is 0 Å². The Morgan fingerprint density at radius 3 is 2.56 bits per heavy atom. The number of hydrogen-bond donors (Lipinski definition) is 0. The minimum atomic E-state index is -0.0574. The number of rotatable bonds is 3. The molecule has 2 rings (SSSR count). The van der Waals surface area contributed by atoms with Crippen molar-refractivity contribution in [1.29, 1.82) is 0 Å². The Balaban J connectivity index is 2.41. The molecule has 2 nitrogen and oxygen atoms in total. The fourth-order valence-electron chi connectivity index (χ4n) is 1.52. The molecule has 0 fully saturated rings. The quantitative estimate of drug-likeness (QED) is 0.599. The fraction of sp³-hybridized carbons (Fsp3) is 0.154. The normalized spacial score (nSPS) is 10.4. The summed E-state index contributed by atoms with van der Waals surface area (Å²) in [5.74, 6) is 1.10. The monoisotopic (exact) mass is 232 g/mol. The number of benzene rings is 1. The highest BCUT2D eigenvalue weighted by Crippen LogP contribution is 2.23. The van der Waals surface area contributed by atoms with E-state index < -0.39 is 0 Å². The van der Waals surface area contributed by atoms with Gasteiger partial charge in [-0.25, -0.2) is 0 Å². The van der Waals surface area contributed by atoms with Gasteiger partial charge in [-0.3, -0.25) is 4.79 Å². The van der Waals surface area contributed by atoms with E-state index in [4.69, 9.17) is 4.42 Å². The van der Waals surface area contributed by atoms with Crippen molar-refractivity contribution in [2.45, 2.75) is 11.8 Å². The molecule has 0 atom stereocenters. The van der Waals surface area contributed by atoms with Crippen molar-refractivity contribution >= 4 is 17.5 Å². The summed E-state index contributed by atoms with van der Waals surface area (Å²) in [5.41, 5.74) is 0.698. The second kappa shape index (κ2) is 4.58. The van der Waals surface area contributed by atoms with Gasteiger partial charge < -0.3 is 4.42 Å². The molecule has 0 aliphatic rings. The molecule has 0 unspecified atom stereocenters. The number of carbonyl (C=O) groups is 1. The summed E-state index contributed by atoms with van der Waals surface area (Å²) in [6.07, 6.45) is 1.96. The molecule has 0 aliphatic carbocycles. The predicted molar refractivity (Wildman–Crippen MR) is 65.1 cm³/mol. The third-order valence-electron chi connectivity index (χ3n) is 2.32. The molecule has 0 saturated heterocycles. The summed E-state index contributed by atoms with van der Waals surface area (Å²) >= 11 is 1.56. The number of carbonyl (C=O) groups excluding carboxylic acids is 1. The molecule has 3 heteroatoms. The molecule has 0 aliphatic heterocycles. The molecule has 1 heterocycles. The van der Waals surface area contributed by atoms with E-state index in [2.05, 4.69) is 0 Å². The topological polar surface area (TPSA) is 30.2 Å². The number of hydrogen-bond acceptors (Lipinski definition) is 3. The zero-order chi connectivity index (χ0) is 11.5. The molecule has 16 heavy (non-hydrogen) atoms. The summed E-state index contributed by atoms with van der Waals surface area (Å²) in [5, 5.41) is 0. The Kier molecular flexibility index (Phi) is 3.15. The van der Waals surface area contributed by atoms with Gasteiger partial charge in [-0.15, -0.1) is 11.8 Å². The summed E-state index contributed by atoms with van der Waals surface area (Å²) in [6.45, 7) is 1.83. The van der Waals surface area contributed by atoms with Crippen LogP contribution in [0.15, 0.2) is 45.7 Å². The molecule has 82 valence electrons. The molecular formula is C13H12O2S. The summed E-state index contributed by atoms with van der Waals surface area (Å²) < 4.78 is 5.34. The molecule has 1 aromatic heterocycles. The van der Waals surface area contributed by atoms with E-state index in [1.54, 1.807) is 23.9 Å². The van der Waals surface area contributed by atoms with Gasteiger partial charge in [-0.1, -0.05) is 12.1 Å². The molecule has 0 amide bonds. The second-order valence-corrected chi connectivity index (χ2v) is 4.29. The molecular weight excluding hydrogens is 220 g/mol. The van der Waals surface area contributed by atoms with Crippen LogP contribution in [0.3, 0.4) is 0 Å². The van der Waals surface area contributed by atoms with Gasteiger partial charge in [0.15, 0.2) is 5.76 Å². The van der Waals surface area contributed by atoms with Gasteiger partial charge in [-0.2, -0.15) is 0 Å². The van der Waals surface area contributed by atoms with Crippen LogP contribution in [0.2, 0.25) is 0 Å². The first-order valence-corrected chi connectivity index (χ1v) is 6.19. The lowest BCUT2D eigenvalue weighted by Gasteiger charge is -2.03. The average molecular weight is 232 g/mol. The van der Waals surface area contributed by atoms with E-state index in [-0.39, 0.29) is 5.78 Å². The molecule has 2 aromatic rings. The Morgan fingerprint density at radius 2 is 1.94 bits per heavy atom. The van der Waals surface area contributed by atoms with Crippen molar-refractivity contribution in [3.8, 4) is 0 Å². The lowest BCUT2D eigenvalue weighted by molar-refractivity contribution is 0.100. The maximum absolute atomic E-state index is 12.1. The standard InChI is InChI=1S/C13H12O2S/c1-9-7-8-11(15-9)13(14)10-5-3-4-6-12(10)16-2/h3-8H,1-2H3. The maximum Gasteiger partial charge on any atom is 0.229 e. The predicted octanol–water partition coefficient (Wildman–Crippen LogP) is 3.54. The van der Waals surface area contributed by atoms with E-state index in [0.29, 0.717) is 11.3 Å². The van der Waals surface area contributed by atoms with Crippen molar-refractivity contribution < 1.29 is 9.21 Å². The van der Waals surface area contributed by atoms with E-state index in [0.717, 1.165) is 10.7 Å². The third-order valence-corrected chi connectivity index (χ3v) is 3.11. The van der Waals surface area contributed by atoms with Gasteiger partial charge in [0.2, 0.25) is 5.78 Å². The largest absolute Gasteiger partial charge is 0.458 e. The lowest BCUT2D eigenvalue weighted by atomic mass is 10.1. The lowest BCUT2D eigenvalue weighted by Crippen LogP contribution is -2.01. The van der Waals surface area contributed by atoms with Crippen LogP contribution < -0.4 is 0 Å². The van der Waals surface area contributed by atoms with Crippen LogP contribution in [0.25, 0.3) is 0 Å². The van der Waals surface area contributed by atoms with Crippen LogP contribution in [0, 0.1) is 6.92 Å². The van der Waals surface area contributed by atoms with Crippen LogP contribution in [0.4, 0.5) is 0 Å². The summed E-state index contributed by atoms with van der Waals surface area (Å²) in [6, 6.07) is 11.1. The van der Waals surface area contributed by atoms with Crippen LogP contribution in [-0.4, -0.2) is 12.0 Å². The third kappa shape index (κ3) is 2.04. The minimum Gasteiger partial charge on any atom is -0.458 e. The minimum absolute atomic E-state index is 0.0574. The van der Waals surface area contributed by atoms with Gasteiger partial charge in [0.05, 0.1) is 0 Å². The van der Waals surface area contributed by atoms with Crippen molar-refractivity contribution in [2.24, 2.45) is 0 Å². The van der Waals surface area contributed by atoms with Crippen molar-refractivity contribution in [1.82, 2.24) is 0 Å². The smallest absolute Gasteiger partial charge is 0.229 e. The molecule has 0 spiro atoms. The maximum atomic E-state index is 12.1. The van der Waals surface area contributed by atoms with Crippen LogP contribution in [0.5, 0.6) is 0 Å². The van der Waals surface area contributed by atoms with Crippen LogP contribution >= 0.6 is 11.8 Å². The zero-order valence-corrected chi connectivity index (χ0v) is 10.0. The van der Waals surface area contributed by atoms with E-state index in [9.17, 15) is 4.79 Å². The van der Waals surface area contributed by atoms with Crippen LogP contribution in [-0.2, 0) is 0 Å². The number of thioether (sulfide) groups is 1. The number of aryl methyl sites for hydroxylation is 1. The highest BCUT2D eigenvalue weighted by molar-refractivity contribution is 7.98. The van der Waals surface area contributed by atoms with Gasteiger partial charge in [0, 0.05) is 10.5 Å². The molecule has 0 N–H and O–H groups in total. The highest BCUT2D eigenvalue weighted by atomic mass is 32.2. The SMILES string of the molecule is CSc1ccccc1C(=O)c1ccc(C)o1. The van der Waals surface area contributed by atoms with Crippen molar-refractivity contribution in [3.05, 3.63) is 53.5 Å². The summed E-state index contributed by atoms with van der Waals surface area (Å²) in [4.78, 5) is 13.1. The van der Waals surface area contributed by atoms with Gasteiger partial charge in [0.1, 0.15) is 5.76 Å². The number of furan rings is 1. The Morgan fingerprint density at radius 1 is 1.19 bits per heavy atom. The van der Waals surface area contributed by atoms with E-state index >= 15 is 0 Å². The Labute approximate surface area is 98.7 Å². The van der Waals surface area contributed by atoms with E-state index in [1.807, 2.05) is 37.4 Å². The number of ketones is 1. The first-order valence-electron chi connectivity index (χ1n) is 4.96. The van der Waals surface area contributed by atoms with Gasteiger partial charge >= 0.3 is 0 Å². The first kappa shape index (κ1) is 11.0. The zero-order valence-electron chi connectivity index (χ0n) is 9.19. The Hall–Kier alpha value is -1.48. The first-order chi connectivity index (χ1) is 7.72. The van der Waals surface area contributed by atoms with Crippen LogP contribution in [0.1, 0.15) is 21.9 Å². The molecule has 0 radical (unpaired) electrons. The van der Waals surface area contributed by atoms with Crippen molar-refractivity contribution in [2.75, 3.05) is 6.26 Å². The van der Waals surface area contributed by atoms with Gasteiger partial charge in [-0.05, 0) is 37.4 Å². The Bertz CT molecular complexity index is 514. The highest BCUT2D eigenvalue weighted by Gasteiger charge is 2.15. The second-order valence-electron chi connectivity index (χ2n) is 3.44. The molecule has 0 saturated carbocycles. The van der Waals surface area contributed by atoms with E-state index in [1.165, 1.54) is 0 Å². The fourth-order valence-corrected chi connectivity index (χ4v) is 2.12. The molecule has 1 aromatic carbocycles. The molecule has 0 bridgehead atoms. The summed E-state index contributed by atoms with van der Waals surface area (Å²) in [7, 11) is 0. The average Bonchev–Trinajstić information content (AvgIpc) is 2.75. The van der Waals surface area contributed by atoms with Crippen molar-refractivity contribution in [3.63, 3.8) is 0 Å².